The Morgan fingerprint density at radius 2 is 1.76 bits per heavy atom. The highest BCUT2D eigenvalue weighted by molar-refractivity contribution is 5.92. The average molecular weight is 388 g/mol. The molecule has 29 heavy (non-hydrogen) atoms. The molecule has 0 unspecified atom stereocenters. The lowest BCUT2D eigenvalue weighted by molar-refractivity contribution is -0.122. The van der Waals surface area contributed by atoms with Crippen molar-refractivity contribution in [1.29, 1.82) is 0 Å². The first-order valence-corrected chi connectivity index (χ1v) is 9.75. The van der Waals surface area contributed by atoms with Gasteiger partial charge in [-0.25, -0.2) is 4.98 Å². The van der Waals surface area contributed by atoms with Crippen LogP contribution in [0.5, 0.6) is 0 Å². The molecule has 3 aromatic rings. The van der Waals surface area contributed by atoms with Crippen molar-refractivity contribution in [2.24, 2.45) is 5.92 Å². The van der Waals surface area contributed by atoms with E-state index in [9.17, 15) is 4.79 Å². The van der Waals surface area contributed by atoms with Gasteiger partial charge in [0.2, 0.25) is 5.91 Å². The van der Waals surface area contributed by atoms with Crippen LogP contribution in [0.3, 0.4) is 0 Å². The van der Waals surface area contributed by atoms with Crippen LogP contribution in [-0.2, 0) is 9.53 Å². The van der Waals surface area contributed by atoms with E-state index in [-0.39, 0.29) is 11.8 Å². The van der Waals surface area contributed by atoms with E-state index in [1.165, 1.54) is 0 Å². The zero-order chi connectivity index (χ0) is 20.1. The number of nitrogens with two attached hydrogens (primary N) is 1. The van der Waals surface area contributed by atoms with Crippen LogP contribution in [0.25, 0.3) is 11.1 Å². The molecule has 1 amide bonds. The van der Waals surface area contributed by atoms with E-state index in [0.717, 1.165) is 35.3 Å². The van der Waals surface area contributed by atoms with Gasteiger partial charge in [-0.05, 0) is 66.4 Å². The number of anilines is 4. The van der Waals surface area contributed by atoms with E-state index in [1.54, 1.807) is 6.20 Å². The van der Waals surface area contributed by atoms with Crippen molar-refractivity contribution < 1.29 is 9.53 Å². The Balaban J connectivity index is 1.53. The lowest BCUT2D eigenvalue weighted by Gasteiger charge is -2.21. The Morgan fingerprint density at radius 3 is 2.55 bits per heavy atom. The number of ether oxygens (including phenoxy) is 1. The van der Waals surface area contributed by atoms with Gasteiger partial charge in [0.25, 0.3) is 0 Å². The lowest BCUT2D eigenvalue weighted by atomic mass is 9.99. The van der Waals surface area contributed by atoms with Gasteiger partial charge in [0.1, 0.15) is 5.82 Å². The third kappa shape index (κ3) is 4.92. The van der Waals surface area contributed by atoms with Crippen LogP contribution in [0.15, 0.2) is 66.9 Å². The zero-order valence-corrected chi connectivity index (χ0v) is 16.1. The molecule has 0 atom stereocenters. The fourth-order valence-corrected chi connectivity index (χ4v) is 3.45. The normalized spacial score (nSPS) is 14.3. The van der Waals surface area contributed by atoms with Gasteiger partial charge in [0, 0.05) is 42.4 Å². The van der Waals surface area contributed by atoms with Crippen molar-refractivity contribution in [1.82, 2.24) is 4.98 Å². The monoisotopic (exact) mass is 388 g/mol. The van der Waals surface area contributed by atoms with Crippen LogP contribution in [-0.4, -0.2) is 24.1 Å². The maximum Gasteiger partial charge on any atom is 0.228 e. The fourth-order valence-electron chi connectivity index (χ4n) is 3.45. The van der Waals surface area contributed by atoms with Gasteiger partial charge in [-0.3, -0.25) is 4.79 Å². The predicted molar refractivity (Wildman–Crippen MR) is 116 cm³/mol. The topological polar surface area (TPSA) is 89.3 Å². The maximum absolute atomic E-state index is 12.5. The van der Waals surface area contributed by atoms with Crippen molar-refractivity contribution >= 4 is 28.8 Å². The Bertz CT molecular complexity index is 985. The summed E-state index contributed by atoms with van der Waals surface area (Å²) < 4.78 is 5.33. The average Bonchev–Trinajstić information content (AvgIpc) is 2.75. The van der Waals surface area contributed by atoms with Crippen LogP contribution in [0.1, 0.15) is 12.8 Å². The number of carbonyl (C=O) groups is 1. The van der Waals surface area contributed by atoms with Crippen molar-refractivity contribution in [3.8, 4) is 11.1 Å². The highest BCUT2D eigenvalue weighted by Crippen LogP contribution is 2.29. The third-order valence-corrected chi connectivity index (χ3v) is 4.95. The Hall–Kier alpha value is -3.38. The van der Waals surface area contributed by atoms with E-state index in [1.807, 2.05) is 60.7 Å². The fraction of sp³-hybridized carbons (Fsp3) is 0.217. The number of nitrogens with zero attached hydrogens (tertiary/aromatic N) is 1. The number of para-hydroxylation sites is 1. The number of hydrogen-bond donors (Lipinski definition) is 3. The number of nitrogens with one attached hydrogen (secondary N) is 2. The number of carbonyl (C=O) groups excluding carboxylic acids is 1. The second kappa shape index (κ2) is 8.75. The quantitative estimate of drug-likeness (QED) is 0.562. The molecular formula is C23H24N4O2. The van der Waals surface area contributed by atoms with Gasteiger partial charge in [0.15, 0.2) is 0 Å². The molecular weight excluding hydrogens is 364 g/mol. The number of aromatic nitrogens is 1. The molecule has 0 saturated carbocycles. The summed E-state index contributed by atoms with van der Waals surface area (Å²) in [6.07, 6.45) is 3.19. The molecule has 4 rings (SSSR count). The summed E-state index contributed by atoms with van der Waals surface area (Å²) in [5.74, 6) is 0.513. The second-order valence-corrected chi connectivity index (χ2v) is 7.14. The first kappa shape index (κ1) is 19.0. The van der Waals surface area contributed by atoms with Crippen molar-refractivity contribution in [3.05, 3.63) is 66.9 Å². The van der Waals surface area contributed by atoms with E-state index >= 15 is 0 Å². The van der Waals surface area contributed by atoms with Crippen LogP contribution in [0.4, 0.5) is 22.9 Å². The van der Waals surface area contributed by atoms with Crippen LogP contribution < -0.4 is 16.4 Å². The van der Waals surface area contributed by atoms with Gasteiger partial charge < -0.3 is 21.1 Å². The molecule has 1 fully saturated rings. The van der Waals surface area contributed by atoms with Crippen molar-refractivity contribution in [2.75, 3.05) is 29.6 Å². The minimum atomic E-state index is -0.0248. The summed E-state index contributed by atoms with van der Waals surface area (Å²) >= 11 is 0. The summed E-state index contributed by atoms with van der Waals surface area (Å²) in [7, 11) is 0. The smallest absolute Gasteiger partial charge is 0.228 e. The summed E-state index contributed by atoms with van der Waals surface area (Å²) in [6, 6.07) is 19.5. The highest BCUT2D eigenvalue weighted by atomic mass is 16.5. The zero-order valence-electron chi connectivity index (χ0n) is 16.1. The molecule has 1 saturated heterocycles. The molecule has 2 aromatic carbocycles. The molecule has 1 aliphatic rings. The number of nitrogen functional groups attached to an aromatic ring is 1. The Morgan fingerprint density at radius 1 is 0.966 bits per heavy atom. The molecule has 0 aliphatic carbocycles. The van der Waals surface area contributed by atoms with Crippen LogP contribution in [0, 0.1) is 5.92 Å². The number of benzene rings is 2. The molecule has 1 aliphatic heterocycles. The summed E-state index contributed by atoms with van der Waals surface area (Å²) in [6.45, 7) is 1.26. The summed E-state index contributed by atoms with van der Waals surface area (Å²) in [4.78, 5) is 16.8. The minimum absolute atomic E-state index is 0.00282. The van der Waals surface area contributed by atoms with E-state index < -0.39 is 0 Å². The summed E-state index contributed by atoms with van der Waals surface area (Å²) in [5.41, 5.74) is 10.6. The largest absolute Gasteiger partial charge is 0.399 e. The highest BCUT2D eigenvalue weighted by Gasteiger charge is 2.21. The Labute approximate surface area is 170 Å². The van der Waals surface area contributed by atoms with E-state index in [0.29, 0.717) is 24.7 Å². The number of hydrogen-bond acceptors (Lipinski definition) is 5. The molecule has 0 bridgehead atoms. The SMILES string of the molecule is Nc1cc(Nc2ccccc2)cc(-c2ccnc(NC(=O)C3CCOCC3)c2)c1. The van der Waals surface area contributed by atoms with E-state index in [4.69, 9.17) is 10.5 Å². The first-order chi connectivity index (χ1) is 14.2. The lowest BCUT2D eigenvalue weighted by Crippen LogP contribution is -2.28. The number of rotatable bonds is 5. The first-order valence-electron chi connectivity index (χ1n) is 9.75. The molecule has 1 aromatic heterocycles. The molecule has 4 N–H and O–H groups in total. The minimum Gasteiger partial charge on any atom is -0.399 e. The molecule has 148 valence electrons. The molecule has 6 nitrogen and oxygen atoms in total. The number of amides is 1. The van der Waals surface area contributed by atoms with Gasteiger partial charge in [0.05, 0.1) is 0 Å². The van der Waals surface area contributed by atoms with E-state index in [2.05, 4.69) is 15.6 Å². The molecule has 2 heterocycles. The number of pyridine rings is 1. The molecule has 6 heteroatoms. The Kier molecular flexibility index (Phi) is 5.72. The predicted octanol–water partition coefficient (Wildman–Crippen LogP) is 4.44. The van der Waals surface area contributed by atoms with Crippen LogP contribution >= 0.6 is 0 Å². The standard InChI is InChI=1S/C23H24N4O2/c24-19-12-18(13-21(15-19)26-20-4-2-1-3-5-20)17-6-9-25-22(14-17)27-23(28)16-7-10-29-11-8-16/h1-6,9,12-16,26H,7-8,10-11,24H2,(H,25,27,28). The second-order valence-electron chi connectivity index (χ2n) is 7.14. The van der Waals surface area contributed by atoms with Gasteiger partial charge >= 0.3 is 0 Å². The van der Waals surface area contributed by atoms with Crippen molar-refractivity contribution in [2.45, 2.75) is 12.8 Å². The van der Waals surface area contributed by atoms with Crippen LogP contribution in [0.2, 0.25) is 0 Å². The van der Waals surface area contributed by atoms with Gasteiger partial charge in [-0.15, -0.1) is 0 Å². The maximum atomic E-state index is 12.5. The summed E-state index contributed by atoms with van der Waals surface area (Å²) in [5, 5.41) is 6.31. The third-order valence-electron chi connectivity index (χ3n) is 4.95. The van der Waals surface area contributed by atoms with Gasteiger partial charge in [-0.1, -0.05) is 18.2 Å². The molecule has 0 radical (unpaired) electrons. The molecule has 0 spiro atoms. The van der Waals surface area contributed by atoms with Crippen molar-refractivity contribution in [3.63, 3.8) is 0 Å². The van der Waals surface area contributed by atoms with Gasteiger partial charge in [-0.2, -0.15) is 0 Å².